The molecule has 4 heteroatoms. The molecule has 98 valence electrons. The number of halogens is 3. The van der Waals surface area contributed by atoms with Crippen LogP contribution in [0.15, 0.2) is 30.3 Å². The maximum Gasteiger partial charge on any atom is 0.220 e. The monoisotopic (exact) mass is 348 g/mol. The summed E-state index contributed by atoms with van der Waals surface area (Å²) in [5, 5.41) is 0.878. The van der Waals surface area contributed by atoms with Crippen molar-refractivity contribution in [3.05, 3.63) is 35.9 Å². The Morgan fingerprint density at radius 3 is 2.44 bits per heavy atom. The fourth-order valence-corrected chi connectivity index (χ4v) is 3.94. The Hall–Kier alpha value is -0.0500. The van der Waals surface area contributed by atoms with Gasteiger partial charge in [0.25, 0.3) is 0 Å². The number of alkyl halides is 3. The predicted octanol–water partition coefficient (Wildman–Crippen LogP) is 4.24. The third-order valence-corrected chi connectivity index (χ3v) is 4.69. The lowest BCUT2D eigenvalue weighted by molar-refractivity contribution is -0.581. The van der Waals surface area contributed by atoms with Crippen molar-refractivity contribution in [3.63, 3.8) is 0 Å². The first-order chi connectivity index (χ1) is 8.47. The zero-order chi connectivity index (χ0) is 13.3. The molecule has 1 nitrogen and oxygen atoms in total. The molecule has 0 aromatic heterocycles. The summed E-state index contributed by atoms with van der Waals surface area (Å²) in [5.41, 5.74) is 2.14. The van der Waals surface area contributed by atoms with Gasteiger partial charge in [-0.2, -0.15) is 0 Å². The Morgan fingerprint density at radius 2 is 1.94 bits per heavy atom. The summed E-state index contributed by atoms with van der Waals surface area (Å²) in [7, 11) is 0. The molecular weight excluding hydrogens is 333 g/mol. The van der Waals surface area contributed by atoms with Crippen molar-refractivity contribution in [3.8, 4) is 0 Å². The zero-order valence-corrected chi connectivity index (χ0v) is 13.6. The third-order valence-electron chi connectivity index (χ3n) is 3.27. The lowest BCUT2D eigenvalue weighted by Crippen LogP contribution is -2.33. The van der Waals surface area contributed by atoms with Gasteiger partial charge in [-0.15, -0.1) is 0 Å². The minimum absolute atomic E-state index is 0.343. The van der Waals surface area contributed by atoms with Gasteiger partial charge in [-0.1, -0.05) is 57.3 Å². The van der Waals surface area contributed by atoms with E-state index in [2.05, 4.69) is 46.5 Å². The van der Waals surface area contributed by atoms with Crippen molar-refractivity contribution >= 4 is 44.8 Å². The highest BCUT2D eigenvalue weighted by atomic mass is 79.9. The minimum Gasteiger partial charge on any atom is -0.225 e. The van der Waals surface area contributed by atoms with Crippen LogP contribution in [0, 0.1) is 0 Å². The van der Waals surface area contributed by atoms with Gasteiger partial charge in [0, 0.05) is 5.56 Å². The fraction of sp³-hybridized carbons (Fsp3) is 0.500. The molecule has 1 aromatic carbocycles. The normalized spacial score (nSPS) is 22.9. The predicted molar refractivity (Wildman–Crippen MR) is 82.6 cm³/mol. The molecule has 0 radical (unpaired) electrons. The maximum atomic E-state index is 6.55. The van der Waals surface area contributed by atoms with Crippen LogP contribution in [0.5, 0.6) is 0 Å². The first-order valence-electron chi connectivity index (χ1n) is 6.12. The molecule has 1 atom stereocenters. The number of hydrogen-bond acceptors (Lipinski definition) is 0. The Kier molecular flexibility index (Phi) is 4.40. The van der Waals surface area contributed by atoms with Crippen molar-refractivity contribution in [1.82, 2.24) is 0 Å². The number of hydrogen-bond donors (Lipinski definition) is 0. The molecule has 0 aliphatic carbocycles. The molecule has 0 N–H and O–H groups in total. The molecule has 0 fully saturated rings. The van der Waals surface area contributed by atoms with E-state index >= 15 is 0 Å². The van der Waals surface area contributed by atoms with Crippen LogP contribution >= 0.6 is 39.1 Å². The highest BCUT2D eigenvalue weighted by molar-refractivity contribution is 9.09. The smallest absolute Gasteiger partial charge is 0.220 e. The van der Waals surface area contributed by atoms with E-state index < -0.39 is 4.33 Å². The largest absolute Gasteiger partial charge is 0.225 e. The Bertz CT molecular complexity index is 454. The SMILES string of the molecule is CC(C)[N+]1=C(c2ccccc2)C(Cl)(Cl)CC1CBr. The zero-order valence-electron chi connectivity index (χ0n) is 10.5. The van der Waals surface area contributed by atoms with Crippen LogP contribution in [0.3, 0.4) is 0 Å². The summed E-state index contributed by atoms with van der Waals surface area (Å²) in [4.78, 5) is 0. The summed E-state index contributed by atoms with van der Waals surface area (Å²) in [6, 6.07) is 10.9. The summed E-state index contributed by atoms with van der Waals surface area (Å²) in [5.74, 6) is 0. The molecule has 0 saturated heterocycles. The van der Waals surface area contributed by atoms with Gasteiger partial charge < -0.3 is 0 Å². The molecule has 2 rings (SSSR count). The van der Waals surface area contributed by atoms with Gasteiger partial charge in [0.1, 0.15) is 6.04 Å². The van der Waals surface area contributed by atoms with Gasteiger partial charge in [0.05, 0.1) is 11.8 Å². The van der Waals surface area contributed by atoms with Crippen molar-refractivity contribution in [2.45, 2.75) is 36.7 Å². The van der Waals surface area contributed by atoms with E-state index in [1.165, 1.54) is 0 Å². The molecule has 1 aromatic rings. The van der Waals surface area contributed by atoms with Crippen LogP contribution in [0.2, 0.25) is 0 Å². The van der Waals surface area contributed by atoms with Crippen LogP contribution in [-0.4, -0.2) is 32.0 Å². The molecule has 0 spiro atoms. The van der Waals surface area contributed by atoms with Crippen LogP contribution in [0.4, 0.5) is 0 Å². The quantitative estimate of drug-likeness (QED) is 0.567. The van der Waals surface area contributed by atoms with Gasteiger partial charge in [0.15, 0.2) is 6.04 Å². The summed E-state index contributed by atoms with van der Waals surface area (Å²) in [6.45, 7) is 4.35. The van der Waals surface area contributed by atoms with Crippen LogP contribution < -0.4 is 0 Å². The van der Waals surface area contributed by atoms with E-state index in [9.17, 15) is 0 Å². The van der Waals surface area contributed by atoms with Crippen molar-refractivity contribution in [2.24, 2.45) is 0 Å². The van der Waals surface area contributed by atoms with E-state index in [1.54, 1.807) is 0 Å². The van der Waals surface area contributed by atoms with Crippen LogP contribution in [0.1, 0.15) is 25.8 Å². The topological polar surface area (TPSA) is 3.01 Å². The third kappa shape index (κ3) is 2.61. The first-order valence-corrected chi connectivity index (χ1v) is 8.00. The van der Waals surface area contributed by atoms with Gasteiger partial charge >= 0.3 is 0 Å². The second-order valence-corrected chi connectivity index (χ2v) is 7.06. The average Bonchev–Trinajstić information content (AvgIpc) is 2.61. The molecule has 1 aliphatic heterocycles. The maximum absolute atomic E-state index is 6.55. The van der Waals surface area contributed by atoms with Gasteiger partial charge in [0.2, 0.25) is 10.0 Å². The van der Waals surface area contributed by atoms with Gasteiger partial charge in [-0.25, -0.2) is 4.58 Å². The second-order valence-electron chi connectivity index (χ2n) is 4.93. The van der Waals surface area contributed by atoms with Gasteiger partial charge in [-0.05, 0) is 26.0 Å². The van der Waals surface area contributed by atoms with Crippen molar-refractivity contribution in [2.75, 3.05) is 5.33 Å². The van der Waals surface area contributed by atoms with Crippen LogP contribution in [0.25, 0.3) is 0 Å². The molecule has 1 heterocycles. The Balaban J connectivity index is 2.59. The van der Waals surface area contributed by atoms with E-state index in [0.717, 1.165) is 23.0 Å². The van der Waals surface area contributed by atoms with Crippen molar-refractivity contribution < 1.29 is 4.58 Å². The molecular formula is C14H17BrCl2N+. The number of rotatable bonds is 3. The van der Waals surface area contributed by atoms with E-state index in [0.29, 0.717) is 12.1 Å². The van der Waals surface area contributed by atoms with Crippen LogP contribution in [-0.2, 0) is 0 Å². The average molecular weight is 350 g/mol. The fourth-order valence-electron chi connectivity index (χ4n) is 2.63. The summed E-state index contributed by atoms with van der Waals surface area (Å²) < 4.78 is 1.54. The molecule has 18 heavy (non-hydrogen) atoms. The lowest BCUT2D eigenvalue weighted by atomic mass is 10.1. The van der Waals surface area contributed by atoms with Gasteiger partial charge in [-0.3, -0.25) is 0 Å². The Labute approximate surface area is 127 Å². The summed E-state index contributed by atoms with van der Waals surface area (Å²) >= 11 is 16.7. The highest BCUT2D eigenvalue weighted by Gasteiger charge is 2.51. The van der Waals surface area contributed by atoms with E-state index in [4.69, 9.17) is 23.2 Å². The molecule has 1 aliphatic rings. The molecule has 0 amide bonds. The standard InChI is InChI=1S/C14H17BrCl2N/c1-10(2)18-12(9-15)8-14(16,17)13(18)11-6-4-3-5-7-11/h3-7,10,12H,8-9H2,1-2H3/q+1. The molecule has 1 unspecified atom stereocenters. The second kappa shape index (κ2) is 5.52. The minimum atomic E-state index is -0.802. The Morgan fingerprint density at radius 1 is 1.33 bits per heavy atom. The van der Waals surface area contributed by atoms with Crippen molar-refractivity contribution in [1.29, 1.82) is 0 Å². The molecule has 0 saturated carbocycles. The number of benzene rings is 1. The van der Waals surface area contributed by atoms with E-state index in [-0.39, 0.29) is 0 Å². The highest BCUT2D eigenvalue weighted by Crippen LogP contribution is 2.39. The number of nitrogens with zero attached hydrogens (tertiary/aromatic N) is 1. The first kappa shape index (κ1) is 14.4. The summed E-state index contributed by atoms with van der Waals surface area (Å²) in [6.07, 6.45) is 0.754. The molecule has 0 bridgehead atoms. The van der Waals surface area contributed by atoms with E-state index in [1.807, 2.05) is 18.2 Å². The lowest BCUT2D eigenvalue weighted by Gasteiger charge is -2.13.